The lowest BCUT2D eigenvalue weighted by molar-refractivity contribution is -0.114. The molecule has 2 aromatic carbocycles. The molecular formula is C15H13FN2O3. The predicted octanol–water partition coefficient (Wildman–Crippen LogP) is 3.23. The lowest BCUT2D eigenvalue weighted by atomic mass is 10.1. The molecule has 0 aliphatic carbocycles. The van der Waals surface area contributed by atoms with Gasteiger partial charge in [0, 0.05) is 18.3 Å². The van der Waals surface area contributed by atoms with Crippen LogP contribution in [0.25, 0.3) is 0 Å². The standard InChI is InChI=1S/C15H13FN2O3/c1-9(19)17-10-5-7-11(8-6-10)18-14-12(15(20)21)3-2-4-13(14)16/h2-8,18H,1H3,(H,17,19)(H,20,21). The van der Waals surface area contributed by atoms with Crippen molar-refractivity contribution < 1.29 is 19.1 Å². The SMILES string of the molecule is CC(=O)Nc1ccc(Nc2c(F)cccc2C(=O)O)cc1. The number of amides is 1. The van der Waals surface area contributed by atoms with Crippen LogP contribution >= 0.6 is 0 Å². The highest BCUT2D eigenvalue weighted by Gasteiger charge is 2.14. The van der Waals surface area contributed by atoms with Gasteiger partial charge in [-0.3, -0.25) is 4.79 Å². The fourth-order valence-corrected chi connectivity index (χ4v) is 1.81. The topological polar surface area (TPSA) is 78.4 Å². The van der Waals surface area contributed by atoms with Gasteiger partial charge in [0.05, 0.1) is 11.3 Å². The third-order valence-electron chi connectivity index (χ3n) is 2.72. The van der Waals surface area contributed by atoms with Gasteiger partial charge < -0.3 is 15.7 Å². The zero-order chi connectivity index (χ0) is 15.4. The van der Waals surface area contributed by atoms with Gasteiger partial charge in [-0.2, -0.15) is 0 Å². The van der Waals surface area contributed by atoms with Gasteiger partial charge in [0.1, 0.15) is 5.82 Å². The summed E-state index contributed by atoms with van der Waals surface area (Å²) in [6, 6.07) is 10.3. The Morgan fingerprint density at radius 2 is 1.67 bits per heavy atom. The summed E-state index contributed by atoms with van der Waals surface area (Å²) in [5, 5.41) is 14.4. The van der Waals surface area contributed by atoms with Crippen molar-refractivity contribution in [2.45, 2.75) is 6.92 Å². The van der Waals surface area contributed by atoms with Crippen LogP contribution in [0.2, 0.25) is 0 Å². The van der Waals surface area contributed by atoms with Crippen molar-refractivity contribution in [3.8, 4) is 0 Å². The maximum atomic E-state index is 13.8. The lowest BCUT2D eigenvalue weighted by Crippen LogP contribution is -2.06. The van der Waals surface area contributed by atoms with Crippen molar-refractivity contribution in [1.29, 1.82) is 0 Å². The van der Waals surface area contributed by atoms with E-state index in [0.29, 0.717) is 11.4 Å². The number of rotatable bonds is 4. The fourth-order valence-electron chi connectivity index (χ4n) is 1.81. The lowest BCUT2D eigenvalue weighted by Gasteiger charge is -2.11. The zero-order valence-corrected chi connectivity index (χ0v) is 11.2. The number of anilines is 3. The molecule has 0 saturated heterocycles. The normalized spacial score (nSPS) is 10.0. The second kappa shape index (κ2) is 6.04. The number of carbonyl (C=O) groups excluding carboxylic acids is 1. The molecule has 0 fully saturated rings. The highest BCUT2D eigenvalue weighted by Crippen LogP contribution is 2.25. The summed E-state index contributed by atoms with van der Waals surface area (Å²) in [7, 11) is 0. The predicted molar refractivity (Wildman–Crippen MR) is 77.4 cm³/mol. The van der Waals surface area contributed by atoms with Gasteiger partial charge in [-0.05, 0) is 36.4 Å². The molecule has 6 heteroatoms. The molecule has 0 unspecified atom stereocenters. The van der Waals surface area contributed by atoms with Crippen molar-refractivity contribution >= 4 is 28.9 Å². The maximum Gasteiger partial charge on any atom is 0.337 e. The Bertz CT molecular complexity index is 684. The summed E-state index contributed by atoms with van der Waals surface area (Å²) in [5.41, 5.74) is 0.856. The molecule has 21 heavy (non-hydrogen) atoms. The third-order valence-corrected chi connectivity index (χ3v) is 2.72. The van der Waals surface area contributed by atoms with Crippen LogP contribution in [0.1, 0.15) is 17.3 Å². The Labute approximate surface area is 120 Å². The number of carboxylic acid groups (broad SMARTS) is 1. The van der Waals surface area contributed by atoms with Crippen LogP contribution in [-0.4, -0.2) is 17.0 Å². The number of benzene rings is 2. The number of hydrogen-bond donors (Lipinski definition) is 3. The van der Waals surface area contributed by atoms with Crippen LogP contribution in [0.15, 0.2) is 42.5 Å². The third kappa shape index (κ3) is 3.56. The first-order chi connectivity index (χ1) is 9.97. The number of carbonyl (C=O) groups is 2. The van der Waals surface area contributed by atoms with Crippen LogP contribution in [0, 0.1) is 5.82 Å². The second-order valence-corrected chi connectivity index (χ2v) is 4.35. The summed E-state index contributed by atoms with van der Waals surface area (Å²) in [6.45, 7) is 1.39. The van der Waals surface area contributed by atoms with E-state index in [9.17, 15) is 14.0 Å². The molecule has 0 aliphatic rings. The monoisotopic (exact) mass is 288 g/mol. The minimum atomic E-state index is -1.22. The first-order valence-electron chi connectivity index (χ1n) is 6.14. The van der Waals surface area contributed by atoms with Crippen molar-refractivity contribution in [1.82, 2.24) is 0 Å². The Hall–Kier alpha value is -2.89. The molecule has 108 valence electrons. The summed E-state index contributed by atoms with van der Waals surface area (Å²) < 4.78 is 13.8. The van der Waals surface area contributed by atoms with E-state index >= 15 is 0 Å². The Morgan fingerprint density at radius 3 is 2.24 bits per heavy atom. The molecule has 0 saturated carbocycles. The van der Waals surface area contributed by atoms with E-state index in [4.69, 9.17) is 5.11 Å². The average Bonchev–Trinajstić information content (AvgIpc) is 2.42. The molecule has 3 N–H and O–H groups in total. The first-order valence-corrected chi connectivity index (χ1v) is 6.14. The number of hydrogen-bond acceptors (Lipinski definition) is 3. The first kappa shape index (κ1) is 14.5. The van der Waals surface area contributed by atoms with Gasteiger partial charge in [0.2, 0.25) is 5.91 Å². The van der Waals surface area contributed by atoms with Gasteiger partial charge in [0.25, 0.3) is 0 Å². The van der Waals surface area contributed by atoms with E-state index in [1.54, 1.807) is 24.3 Å². The average molecular weight is 288 g/mol. The second-order valence-electron chi connectivity index (χ2n) is 4.35. The number of aromatic carboxylic acids is 1. The van der Waals surface area contributed by atoms with Gasteiger partial charge in [-0.25, -0.2) is 9.18 Å². The van der Waals surface area contributed by atoms with E-state index in [0.717, 1.165) is 0 Å². The molecule has 0 atom stereocenters. The molecular weight excluding hydrogens is 275 g/mol. The molecule has 0 bridgehead atoms. The van der Waals surface area contributed by atoms with E-state index in [-0.39, 0.29) is 17.2 Å². The van der Waals surface area contributed by atoms with E-state index in [1.165, 1.54) is 25.1 Å². The van der Waals surface area contributed by atoms with Crippen molar-refractivity contribution in [3.63, 3.8) is 0 Å². The molecule has 0 aliphatic heterocycles. The van der Waals surface area contributed by atoms with Crippen molar-refractivity contribution in [3.05, 3.63) is 53.8 Å². The molecule has 2 aromatic rings. The highest BCUT2D eigenvalue weighted by atomic mass is 19.1. The minimum absolute atomic E-state index is 0.0997. The van der Waals surface area contributed by atoms with Crippen molar-refractivity contribution in [2.24, 2.45) is 0 Å². The fraction of sp³-hybridized carbons (Fsp3) is 0.0667. The van der Waals surface area contributed by atoms with Crippen LogP contribution in [0.5, 0.6) is 0 Å². The minimum Gasteiger partial charge on any atom is -0.478 e. The largest absolute Gasteiger partial charge is 0.478 e. The molecule has 5 nitrogen and oxygen atoms in total. The summed E-state index contributed by atoms with van der Waals surface area (Å²) >= 11 is 0. The van der Waals surface area contributed by atoms with Gasteiger partial charge >= 0.3 is 5.97 Å². The van der Waals surface area contributed by atoms with Gasteiger partial charge in [-0.1, -0.05) is 6.07 Å². The van der Waals surface area contributed by atoms with Crippen LogP contribution in [0.3, 0.4) is 0 Å². The zero-order valence-electron chi connectivity index (χ0n) is 11.2. The Kier molecular flexibility index (Phi) is 4.18. The summed E-state index contributed by atoms with van der Waals surface area (Å²) in [5.74, 6) is -2.06. The van der Waals surface area contributed by atoms with Crippen LogP contribution in [-0.2, 0) is 4.79 Å². The van der Waals surface area contributed by atoms with E-state index in [1.807, 2.05) is 0 Å². The number of para-hydroxylation sites is 1. The van der Waals surface area contributed by atoms with Crippen LogP contribution < -0.4 is 10.6 Å². The maximum absolute atomic E-state index is 13.8. The summed E-state index contributed by atoms with van der Waals surface area (Å²) in [4.78, 5) is 22.0. The molecule has 0 heterocycles. The number of nitrogens with one attached hydrogen (secondary N) is 2. The molecule has 0 radical (unpaired) electrons. The molecule has 1 amide bonds. The Morgan fingerprint density at radius 1 is 1.05 bits per heavy atom. The quantitative estimate of drug-likeness (QED) is 0.807. The summed E-state index contributed by atoms with van der Waals surface area (Å²) in [6.07, 6.45) is 0. The highest BCUT2D eigenvalue weighted by molar-refractivity contribution is 5.95. The molecule has 0 spiro atoms. The number of halogens is 1. The van der Waals surface area contributed by atoms with E-state index < -0.39 is 11.8 Å². The smallest absolute Gasteiger partial charge is 0.337 e. The van der Waals surface area contributed by atoms with Crippen LogP contribution in [0.4, 0.5) is 21.5 Å². The molecule has 2 rings (SSSR count). The Balaban J connectivity index is 2.26. The van der Waals surface area contributed by atoms with Gasteiger partial charge in [0.15, 0.2) is 0 Å². The van der Waals surface area contributed by atoms with Crippen molar-refractivity contribution in [2.75, 3.05) is 10.6 Å². The van der Waals surface area contributed by atoms with E-state index in [2.05, 4.69) is 10.6 Å². The van der Waals surface area contributed by atoms with Gasteiger partial charge in [-0.15, -0.1) is 0 Å². The molecule has 0 aromatic heterocycles. The number of carboxylic acids is 1.